The molecule has 0 aliphatic rings. The summed E-state index contributed by atoms with van der Waals surface area (Å²) >= 11 is 0. The third-order valence-electron chi connectivity index (χ3n) is 4.53. The summed E-state index contributed by atoms with van der Waals surface area (Å²) in [5, 5.41) is 4.17. The minimum atomic E-state index is -4.62. The lowest BCUT2D eigenvalue weighted by Crippen LogP contribution is -2.10. The highest BCUT2D eigenvalue weighted by molar-refractivity contribution is 5.79. The zero-order chi connectivity index (χ0) is 22.0. The Morgan fingerprint density at radius 2 is 1.84 bits per heavy atom. The van der Waals surface area contributed by atoms with Gasteiger partial charge in [-0.2, -0.15) is 18.3 Å². The molecule has 8 nitrogen and oxygen atoms in total. The minimum Gasteiger partial charge on any atom is -0.478 e. The smallest absolute Gasteiger partial charge is 0.419 e. The van der Waals surface area contributed by atoms with E-state index in [9.17, 15) is 13.2 Å². The van der Waals surface area contributed by atoms with Gasteiger partial charge in [0.1, 0.15) is 5.82 Å². The van der Waals surface area contributed by atoms with Crippen LogP contribution in [0.15, 0.2) is 49.1 Å². The van der Waals surface area contributed by atoms with Gasteiger partial charge in [-0.3, -0.25) is 0 Å². The third kappa shape index (κ3) is 4.26. The number of alkyl halides is 3. The Kier molecular flexibility index (Phi) is 5.42. The molecule has 0 aromatic carbocycles. The molecule has 4 rings (SSSR count). The molecule has 0 unspecified atom stereocenters. The lowest BCUT2D eigenvalue weighted by molar-refractivity contribution is -0.137. The number of pyridine rings is 2. The summed E-state index contributed by atoms with van der Waals surface area (Å²) < 4.78 is 46.6. The van der Waals surface area contributed by atoms with E-state index in [1.807, 2.05) is 0 Å². The van der Waals surface area contributed by atoms with Crippen molar-refractivity contribution in [1.29, 1.82) is 0 Å². The zero-order valence-corrected chi connectivity index (χ0v) is 16.2. The molecule has 0 aliphatic carbocycles. The van der Waals surface area contributed by atoms with E-state index in [1.54, 1.807) is 30.6 Å². The van der Waals surface area contributed by atoms with E-state index in [2.05, 4.69) is 20.1 Å². The van der Waals surface area contributed by atoms with Gasteiger partial charge in [-0.1, -0.05) is 0 Å². The molecule has 4 heterocycles. The molecule has 31 heavy (non-hydrogen) atoms. The minimum absolute atomic E-state index is 0.211. The topological polar surface area (TPSA) is 117 Å². The van der Waals surface area contributed by atoms with Crippen molar-refractivity contribution in [3.8, 4) is 28.3 Å². The molecule has 4 aromatic rings. The van der Waals surface area contributed by atoms with Crippen LogP contribution in [0, 0.1) is 0 Å². The van der Waals surface area contributed by atoms with Crippen molar-refractivity contribution >= 4 is 11.5 Å². The van der Waals surface area contributed by atoms with Crippen molar-refractivity contribution in [3.63, 3.8) is 0 Å². The van der Waals surface area contributed by atoms with E-state index in [0.717, 1.165) is 12.5 Å². The molecular formula is C20H18F3N7O. The largest absolute Gasteiger partial charge is 0.478 e. The number of nitrogens with two attached hydrogens (primary N) is 2. The molecule has 0 spiro atoms. The Bertz CT molecular complexity index is 1210. The third-order valence-corrected chi connectivity index (χ3v) is 4.53. The predicted octanol–water partition coefficient (Wildman–Crippen LogP) is 3.18. The number of ether oxygens (including phenoxy) is 1. The van der Waals surface area contributed by atoms with Gasteiger partial charge in [0.15, 0.2) is 5.65 Å². The van der Waals surface area contributed by atoms with Gasteiger partial charge in [0.2, 0.25) is 5.88 Å². The first kappa shape index (κ1) is 20.5. The Morgan fingerprint density at radius 3 is 2.55 bits per heavy atom. The highest BCUT2D eigenvalue weighted by Gasteiger charge is 2.34. The fourth-order valence-corrected chi connectivity index (χ4v) is 2.96. The second kappa shape index (κ2) is 8.19. The number of hydrogen-bond acceptors (Lipinski definition) is 7. The normalized spacial score (nSPS) is 11.7. The average molecular weight is 429 g/mol. The van der Waals surface area contributed by atoms with E-state index in [0.29, 0.717) is 41.5 Å². The van der Waals surface area contributed by atoms with Gasteiger partial charge >= 0.3 is 6.18 Å². The fourth-order valence-electron chi connectivity index (χ4n) is 2.96. The van der Waals surface area contributed by atoms with Crippen LogP contribution in [0.5, 0.6) is 5.88 Å². The number of hydrogen-bond donors (Lipinski definition) is 2. The summed E-state index contributed by atoms with van der Waals surface area (Å²) in [6.45, 7) is 1.01. The van der Waals surface area contributed by atoms with E-state index < -0.39 is 17.6 Å². The monoisotopic (exact) mass is 429 g/mol. The molecule has 0 atom stereocenters. The van der Waals surface area contributed by atoms with Crippen molar-refractivity contribution in [1.82, 2.24) is 24.6 Å². The summed E-state index contributed by atoms with van der Waals surface area (Å²) in [4.78, 5) is 12.5. The highest BCUT2D eigenvalue weighted by atomic mass is 19.4. The first-order valence-electron chi connectivity index (χ1n) is 9.33. The molecule has 0 aliphatic heterocycles. The number of fused-ring (bicyclic) bond motifs is 1. The second-order valence-corrected chi connectivity index (χ2v) is 6.67. The molecule has 0 fully saturated rings. The average Bonchev–Trinajstić information content (AvgIpc) is 3.17. The highest BCUT2D eigenvalue weighted by Crippen LogP contribution is 2.36. The number of nitrogen functional groups attached to an aromatic ring is 1. The Hall–Kier alpha value is -3.73. The molecule has 4 N–H and O–H groups in total. The Labute approximate surface area is 174 Å². The molecule has 160 valence electrons. The van der Waals surface area contributed by atoms with Gasteiger partial charge in [-0.25, -0.2) is 19.5 Å². The number of nitrogens with zero attached hydrogens (tertiary/aromatic N) is 5. The van der Waals surface area contributed by atoms with Crippen molar-refractivity contribution < 1.29 is 17.9 Å². The molecule has 0 bridgehead atoms. The van der Waals surface area contributed by atoms with E-state index in [4.69, 9.17) is 16.2 Å². The van der Waals surface area contributed by atoms with Gasteiger partial charge in [-0.05, 0) is 31.2 Å². The SMILES string of the molecule is NCCCOc1ccc(-c2ccn3ncc(-c4cnc(N)c(C(F)(F)F)c4)c3n2)cn1. The van der Waals surface area contributed by atoms with Crippen molar-refractivity contribution in [2.24, 2.45) is 5.73 Å². The zero-order valence-electron chi connectivity index (χ0n) is 16.2. The number of anilines is 1. The summed E-state index contributed by atoms with van der Waals surface area (Å²) in [7, 11) is 0. The quantitative estimate of drug-likeness (QED) is 0.452. The second-order valence-electron chi connectivity index (χ2n) is 6.67. The first-order chi connectivity index (χ1) is 14.9. The van der Waals surface area contributed by atoms with Crippen molar-refractivity contribution in [2.75, 3.05) is 18.9 Å². The fraction of sp³-hybridized carbons (Fsp3) is 0.200. The van der Waals surface area contributed by atoms with Gasteiger partial charge in [0.05, 0.1) is 24.1 Å². The number of rotatable bonds is 6. The van der Waals surface area contributed by atoms with Crippen LogP contribution in [0.1, 0.15) is 12.0 Å². The van der Waals surface area contributed by atoms with Crippen LogP contribution in [-0.2, 0) is 6.18 Å². The Balaban J connectivity index is 1.69. The van der Waals surface area contributed by atoms with E-state index in [1.165, 1.54) is 16.9 Å². The summed E-state index contributed by atoms with van der Waals surface area (Å²) in [6.07, 6.45) is 2.09. The van der Waals surface area contributed by atoms with Gasteiger partial charge in [0, 0.05) is 41.3 Å². The van der Waals surface area contributed by atoms with Gasteiger partial charge in [0.25, 0.3) is 0 Å². The molecule has 0 saturated heterocycles. The lowest BCUT2D eigenvalue weighted by Gasteiger charge is -2.10. The molecule has 0 radical (unpaired) electrons. The van der Waals surface area contributed by atoms with Crippen LogP contribution in [0.25, 0.3) is 28.0 Å². The maximum absolute atomic E-state index is 13.2. The van der Waals surface area contributed by atoms with Crippen molar-refractivity contribution in [2.45, 2.75) is 12.6 Å². The Morgan fingerprint density at radius 1 is 1.03 bits per heavy atom. The lowest BCUT2D eigenvalue weighted by atomic mass is 10.1. The molecule has 0 amide bonds. The molecule has 4 aromatic heterocycles. The van der Waals surface area contributed by atoms with E-state index in [-0.39, 0.29) is 5.56 Å². The van der Waals surface area contributed by atoms with Crippen LogP contribution < -0.4 is 16.2 Å². The number of halogens is 3. The van der Waals surface area contributed by atoms with Gasteiger partial charge in [-0.15, -0.1) is 0 Å². The first-order valence-corrected chi connectivity index (χ1v) is 9.33. The van der Waals surface area contributed by atoms with E-state index >= 15 is 0 Å². The summed E-state index contributed by atoms with van der Waals surface area (Å²) in [5.74, 6) is -0.114. The summed E-state index contributed by atoms with van der Waals surface area (Å²) in [6, 6.07) is 6.20. The van der Waals surface area contributed by atoms with Crippen molar-refractivity contribution in [3.05, 3.63) is 54.6 Å². The van der Waals surface area contributed by atoms with Crippen LogP contribution in [0.3, 0.4) is 0 Å². The standard InChI is InChI=1S/C20H18F3N7O/c21-20(22,23)15-8-13(10-27-18(15)25)14-11-28-30-6-4-16(29-19(14)30)12-2-3-17(26-9-12)31-7-1-5-24/h2-4,6,8-11H,1,5,7,24H2,(H2,25,27). The molecular weight excluding hydrogens is 411 g/mol. The van der Waals surface area contributed by atoms with Crippen LogP contribution in [0.2, 0.25) is 0 Å². The molecule has 11 heteroatoms. The molecule has 0 saturated carbocycles. The summed E-state index contributed by atoms with van der Waals surface area (Å²) in [5.41, 5.74) is 12.1. The van der Waals surface area contributed by atoms with Gasteiger partial charge < -0.3 is 16.2 Å². The maximum Gasteiger partial charge on any atom is 0.419 e. The predicted molar refractivity (Wildman–Crippen MR) is 108 cm³/mol. The van der Waals surface area contributed by atoms with Crippen LogP contribution in [-0.4, -0.2) is 37.7 Å². The maximum atomic E-state index is 13.2. The number of aromatic nitrogens is 5. The van der Waals surface area contributed by atoms with Crippen LogP contribution in [0.4, 0.5) is 19.0 Å². The van der Waals surface area contributed by atoms with Crippen LogP contribution >= 0.6 is 0 Å².